The van der Waals surface area contributed by atoms with Crippen LogP contribution in [0.15, 0.2) is 36.8 Å². The van der Waals surface area contributed by atoms with Gasteiger partial charge in [0, 0.05) is 31.9 Å². The lowest BCUT2D eigenvalue weighted by Crippen LogP contribution is -2.31. The molecule has 0 radical (unpaired) electrons. The van der Waals surface area contributed by atoms with Crippen LogP contribution in [-0.2, 0) is 13.1 Å². The molecule has 0 bridgehead atoms. The Morgan fingerprint density at radius 1 is 1.20 bits per heavy atom. The second-order valence-corrected chi connectivity index (χ2v) is 5.88. The normalized spacial score (nSPS) is 20.1. The van der Waals surface area contributed by atoms with E-state index < -0.39 is 0 Å². The zero-order chi connectivity index (χ0) is 13.5. The topological polar surface area (TPSA) is 47.1 Å². The molecular formula is C16H20N4. The summed E-state index contributed by atoms with van der Waals surface area (Å²) in [5, 5.41) is 0. The number of hydrogen-bond acceptors (Lipinski definition) is 3. The highest BCUT2D eigenvalue weighted by Gasteiger charge is 2.32. The van der Waals surface area contributed by atoms with E-state index in [4.69, 9.17) is 5.73 Å². The fourth-order valence-corrected chi connectivity index (χ4v) is 3.27. The van der Waals surface area contributed by atoms with E-state index in [0.29, 0.717) is 12.6 Å². The van der Waals surface area contributed by atoms with Gasteiger partial charge in [0.2, 0.25) is 0 Å². The lowest BCUT2D eigenvalue weighted by molar-refractivity contribution is 0.197. The second kappa shape index (κ2) is 4.72. The molecule has 20 heavy (non-hydrogen) atoms. The van der Waals surface area contributed by atoms with Gasteiger partial charge in [-0.25, -0.2) is 4.98 Å². The van der Waals surface area contributed by atoms with E-state index in [1.165, 1.54) is 29.7 Å². The third-order valence-corrected chi connectivity index (χ3v) is 4.51. The Hall–Kier alpha value is -1.65. The van der Waals surface area contributed by atoms with Crippen LogP contribution in [0.3, 0.4) is 0 Å². The molecule has 2 aliphatic rings. The van der Waals surface area contributed by atoms with Gasteiger partial charge in [0.25, 0.3) is 0 Å². The summed E-state index contributed by atoms with van der Waals surface area (Å²) in [5.41, 5.74) is 10.2. The van der Waals surface area contributed by atoms with E-state index in [-0.39, 0.29) is 6.04 Å². The van der Waals surface area contributed by atoms with Gasteiger partial charge in [-0.2, -0.15) is 0 Å². The van der Waals surface area contributed by atoms with Crippen LogP contribution in [-0.4, -0.2) is 21.0 Å². The highest BCUT2D eigenvalue weighted by Crippen LogP contribution is 2.39. The summed E-state index contributed by atoms with van der Waals surface area (Å²) in [6.07, 6.45) is 6.53. The van der Waals surface area contributed by atoms with Crippen LogP contribution in [0.2, 0.25) is 0 Å². The Kier molecular flexibility index (Phi) is 2.86. The largest absolute Gasteiger partial charge is 0.330 e. The minimum Gasteiger partial charge on any atom is -0.330 e. The average molecular weight is 268 g/mol. The van der Waals surface area contributed by atoms with Crippen LogP contribution in [0.4, 0.5) is 0 Å². The van der Waals surface area contributed by atoms with Crippen LogP contribution in [0.25, 0.3) is 0 Å². The fourth-order valence-electron chi connectivity index (χ4n) is 3.27. The van der Waals surface area contributed by atoms with Crippen LogP contribution in [0, 0.1) is 0 Å². The molecule has 1 aliphatic carbocycles. The molecule has 4 rings (SSSR count). The molecule has 1 atom stereocenters. The highest BCUT2D eigenvalue weighted by atomic mass is 15.2. The molecule has 4 nitrogen and oxygen atoms in total. The summed E-state index contributed by atoms with van der Waals surface area (Å²) in [4.78, 5) is 6.83. The first-order valence-electron chi connectivity index (χ1n) is 7.39. The standard InChI is InChI=1S/C16H20N4/c17-7-15(16-8-18-11-20(16)14-5-6-14)19-9-12-3-1-2-4-13(12)10-19/h1-4,8,11,14-15H,5-7,9-10,17H2. The molecule has 1 saturated carbocycles. The Balaban J connectivity index is 1.62. The van der Waals surface area contributed by atoms with Gasteiger partial charge in [0.1, 0.15) is 0 Å². The third-order valence-electron chi connectivity index (χ3n) is 4.51. The lowest BCUT2D eigenvalue weighted by atomic mass is 10.1. The van der Waals surface area contributed by atoms with Crippen LogP contribution in [0.1, 0.15) is 41.7 Å². The quantitative estimate of drug-likeness (QED) is 0.925. The van der Waals surface area contributed by atoms with E-state index in [1.807, 2.05) is 12.5 Å². The summed E-state index contributed by atoms with van der Waals surface area (Å²) in [6.45, 7) is 2.63. The summed E-state index contributed by atoms with van der Waals surface area (Å²) in [5.74, 6) is 0. The Morgan fingerprint density at radius 2 is 1.90 bits per heavy atom. The molecule has 2 aromatic rings. The van der Waals surface area contributed by atoms with Crippen LogP contribution in [0.5, 0.6) is 0 Å². The van der Waals surface area contributed by atoms with Gasteiger partial charge < -0.3 is 10.3 Å². The van der Waals surface area contributed by atoms with Crippen molar-refractivity contribution in [1.82, 2.24) is 14.5 Å². The summed E-state index contributed by atoms with van der Waals surface area (Å²) < 4.78 is 2.33. The zero-order valence-electron chi connectivity index (χ0n) is 11.6. The van der Waals surface area contributed by atoms with Gasteiger partial charge in [-0.1, -0.05) is 24.3 Å². The minimum atomic E-state index is 0.269. The SMILES string of the molecule is NCC(c1cncn1C1CC1)N1Cc2ccccc2C1. The molecule has 1 unspecified atom stereocenters. The maximum absolute atomic E-state index is 6.09. The number of rotatable bonds is 4. The van der Waals surface area contributed by atoms with E-state index in [9.17, 15) is 0 Å². The van der Waals surface area contributed by atoms with Gasteiger partial charge >= 0.3 is 0 Å². The molecule has 0 spiro atoms. The van der Waals surface area contributed by atoms with Gasteiger partial charge in [0.05, 0.1) is 18.1 Å². The maximum atomic E-state index is 6.09. The van der Waals surface area contributed by atoms with Gasteiger partial charge in [-0.15, -0.1) is 0 Å². The number of nitrogens with zero attached hydrogens (tertiary/aromatic N) is 3. The second-order valence-electron chi connectivity index (χ2n) is 5.88. The van der Waals surface area contributed by atoms with E-state index >= 15 is 0 Å². The first kappa shape index (κ1) is 12.1. The van der Waals surface area contributed by atoms with Crippen molar-refractivity contribution in [2.75, 3.05) is 6.54 Å². The minimum absolute atomic E-state index is 0.269. The molecule has 0 amide bonds. The van der Waals surface area contributed by atoms with Crippen molar-refractivity contribution >= 4 is 0 Å². The molecule has 2 N–H and O–H groups in total. The molecule has 1 aromatic carbocycles. The fraction of sp³-hybridized carbons (Fsp3) is 0.438. The smallest absolute Gasteiger partial charge is 0.0951 e. The van der Waals surface area contributed by atoms with E-state index in [0.717, 1.165) is 13.1 Å². The number of fused-ring (bicyclic) bond motifs is 1. The predicted molar refractivity (Wildman–Crippen MR) is 78.0 cm³/mol. The number of aromatic nitrogens is 2. The Morgan fingerprint density at radius 3 is 2.50 bits per heavy atom. The molecule has 2 heterocycles. The zero-order valence-corrected chi connectivity index (χ0v) is 11.6. The van der Waals surface area contributed by atoms with Crippen molar-refractivity contribution in [3.63, 3.8) is 0 Å². The first-order chi connectivity index (χ1) is 9.86. The molecule has 4 heteroatoms. The van der Waals surface area contributed by atoms with Gasteiger partial charge in [-0.05, 0) is 24.0 Å². The van der Waals surface area contributed by atoms with Crippen molar-refractivity contribution < 1.29 is 0 Å². The average Bonchev–Trinajstić information content (AvgIpc) is 3.05. The Labute approximate surface area is 119 Å². The number of nitrogens with two attached hydrogens (primary N) is 1. The predicted octanol–water partition coefficient (Wildman–Crippen LogP) is 2.23. The summed E-state index contributed by atoms with van der Waals surface area (Å²) in [6, 6.07) is 9.61. The van der Waals surface area contributed by atoms with Crippen LogP contribution < -0.4 is 5.73 Å². The molecule has 1 fully saturated rings. The number of hydrogen-bond donors (Lipinski definition) is 1. The van der Waals surface area contributed by atoms with Gasteiger partial charge in [0.15, 0.2) is 0 Å². The van der Waals surface area contributed by atoms with Crippen molar-refractivity contribution in [2.24, 2.45) is 5.73 Å². The maximum Gasteiger partial charge on any atom is 0.0951 e. The van der Waals surface area contributed by atoms with E-state index in [2.05, 4.69) is 38.7 Å². The van der Waals surface area contributed by atoms with Gasteiger partial charge in [-0.3, -0.25) is 4.90 Å². The molecule has 1 aliphatic heterocycles. The van der Waals surface area contributed by atoms with Crippen LogP contribution >= 0.6 is 0 Å². The van der Waals surface area contributed by atoms with Crippen molar-refractivity contribution in [3.05, 3.63) is 53.6 Å². The number of imidazole rings is 1. The monoisotopic (exact) mass is 268 g/mol. The molecule has 0 saturated heterocycles. The summed E-state index contributed by atoms with van der Waals surface area (Å²) in [7, 11) is 0. The van der Waals surface area contributed by atoms with E-state index in [1.54, 1.807) is 0 Å². The lowest BCUT2D eigenvalue weighted by Gasteiger charge is -2.27. The number of benzene rings is 1. The molecule has 1 aromatic heterocycles. The van der Waals surface area contributed by atoms with Crippen molar-refractivity contribution in [1.29, 1.82) is 0 Å². The highest BCUT2D eigenvalue weighted by molar-refractivity contribution is 5.31. The molecule has 104 valence electrons. The molecular weight excluding hydrogens is 248 g/mol. The first-order valence-corrected chi connectivity index (χ1v) is 7.39. The Bertz CT molecular complexity index is 589. The third kappa shape index (κ3) is 1.96. The van der Waals surface area contributed by atoms with Crippen molar-refractivity contribution in [2.45, 2.75) is 38.0 Å². The van der Waals surface area contributed by atoms with Crippen molar-refractivity contribution in [3.8, 4) is 0 Å². The summed E-state index contributed by atoms with van der Waals surface area (Å²) >= 11 is 0.